The van der Waals surface area contributed by atoms with E-state index in [9.17, 15) is 18.0 Å². The van der Waals surface area contributed by atoms with Crippen LogP contribution in [-0.2, 0) is 19.3 Å². The molecule has 1 aliphatic heterocycles. The highest BCUT2D eigenvalue weighted by Crippen LogP contribution is 2.31. The number of alkyl halides is 3. The smallest absolute Gasteiger partial charge is 0.317 e. The van der Waals surface area contributed by atoms with Crippen molar-refractivity contribution >= 4 is 11.7 Å². The zero-order valence-corrected chi connectivity index (χ0v) is 18.1. The summed E-state index contributed by atoms with van der Waals surface area (Å²) in [6.45, 7) is 2.77. The van der Waals surface area contributed by atoms with E-state index in [0.29, 0.717) is 6.54 Å². The van der Waals surface area contributed by atoms with Gasteiger partial charge in [0.05, 0.1) is 5.56 Å². The Morgan fingerprint density at radius 3 is 2.52 bits per heavy atom. The van der Waals surface area contributed by atoms with Gasteiger partial charge in [-0.1, -0.05) is 36.4 Å². The summed E-state index contributed by atoms with van der Waals surface area (Å²) in [6, 6.07) is 15.9. The van der Waals surface area contributed by atoms with Crippen molar-refractivity contribution in [2.24, 2.45) is 0 Å². The summed E-state index contributed by atoms with van der Waals surface area (Å²) in [7, 11) is 0. The highest BCUT2D eigenvalue weighted by molar-refractivity contribution is 5.89. The second-order valence-corrected chi connectivity index (χ2v) is 8.21. The Labute approximate surface area is 190 Å². The van der Waals surface area contributed by atoms with E-state index in [4.69, 9.17) is 0 Å². The number of rotatable bonds is 6. The van der Waals surface area contributed by atoms with Gasteiger partial charge in [0, 0.05) is 49.8 Å². The molecular weight excluding hydrogens is 431 g/mol. The van der Waals surface area contributed by atoms with Gasteiger partial charge in [0.25, 0.3) is 0 Å². The number of H-pyrrole nitrogens is 1. The van der Waals surface area contributed by atoms with Crippen molar-refractivity contribution < 1.29 is 18.0 Å². The molecule has 2 N–H and O–H groups in total. The van der Waals surface area contributed by atoms with Crippen LogP contribution in [0.4, 0.5) is 23.7 Å². The number of nitrogens with zero attached hydrogens (tertiary/aromatic N) is 3. The topological polar surface area (TPSA) is 64.3 Å². The summed E-state index contributed by atoms with van der Waals surface area (Å²) in [4.78, 5) is 17.3. The van der Waals surface area contributed by atoms with Crippen LogP contribution >= 0.6 is 0 Å². The zero-order chi connectivity index (χ0) is 23.3. The molecule has 0 saturated carbocycles. The number of nitrogens with one attached hydrogen (secondary N) is 2. The number of carbonyl (C=O) groups is 1. The van der Waals surface area contributed by atoms with Crippen LogP contribution in [0.2, 0.25) is 0 Å². The molecule has 0 aliphatic carbocycles. The standard InChI is InChI=1S/C24H26F3N5O/c25-24(26,27)19-7-4-8-20(15-19)29-23(33)32(16-18-5-2-1-3-6-18)22-10-13-31(14-11-22)17-21-9-12-28-30-21/h1-9,12,15,22H,10-11,13-14,16-17H2,(H,28,30)(H,29,33). The van der Waals surface area contributed by atoms with E-state index < -0.39 is 17.8 Å². The number of benzene rings is 2. The molecule has 2 heterocycles. The molecule has 9 heteroatoms. The number of carbonyl (C=O) groups excluding carboxylic acids is 1. The molecule has 0 unspecified atom stereocenters. The maximum Gasteiger partial charge on any atom is 0.416 e. The largest absolute Gasteiger partial charge is 0.416 e. The molecule has 2 amide bonds. The number of halogens is 3. The van der Waals surface area contributed by atoms with Crippen molar-refractivity contribution in [2.45, 2.75) is 38.1 Å². The summed E-state index contributed by atoms with van der Waals surface area (Å²) in [5, 5.41) is 9.62. The molecule has 2 aromatic carbocycles. The number of anilines is 1. The Balaban J connectivity index is 1.46. The third-order valence-corrected chi connectivity index (χ3v) is 5.85. The van der Waals surface area contributed by atoms with Gasteiger partial charge < -0.3 is 10.2 Å². The molecule has 1 aliphatic rings. The summed E-state index contributed by atoms with van der Waals surface area (Å²) in [5.41, 5.74) is 1.35. The highest BCUT2D eigenvalue weighted by atomic mass is 19.4. The van der Waals surface area contributed by atoms with E-state index in [-0.39, 0.29) is 11.7 Å². The average Bonchev–Trinajstić information content (AvgIpc) is 3.31. The lowest BCUT2D eigenvalue weighted by atomic mass is 10.0. The SMILES string of the molecule is O=C(Nc1cccc(C(F)(F)F)c1)N(Cc1ccccc1)C1CCN(Cc2ccn[nH]2)CC1. The van der Waals surface area contributed by atoms with E-state index in [0.717, 1.165) is 55.9 Å². The van der Waals surface area contributed by atoms with Crippen LogP contribution in [0.1, 0.15) is 29.7 Å². The van der Waals surface area contributed by atoms with Crippen LogP contribution in [0.5, 0.6) is 0 Å². The molecular formula is C24H26F3N5O. The molecule has 174 valence electrons. The normalized spacial score (nSPS) is 15.4. The maximum absolute atomic E-state index is 13.2. The number of urea groups is 1. The number of aromatic amines is 1. The molecule has 1 fully saturated rings. The van der Waals surface area contributed by atoms with Crippen LogP contribution in [-0.4, -0.2) is 45.2 Å². The summed E-state index contributed by atoms with van der Waals surface area (Å²) < 4.78 is 39.2. The fourth-order valence-corrected chi connectivity index (χ4v) is 4.12. The molecule has 4 rings (SSSR count). The first-order valence-corrected chi connectivity index (χ1v) is 10.9. The van der Waals surface area contributed by atoms with Crippen molar-refractivity contribution in [3.8, 4) is 0 Å². The van der Waals surface area contributed by atoms with Crippen molar-refractivity contribution in [3.05, 3.63) is 83.7 Å². The minimum atomic E-state index is -4.47. The molecule has 0 atom stereocenters. The number of hydrogen-bond donors (Lipinski definition) is 2. The first-order valence-electron chi connectivity index (χ1n) is 10.9. The number of hydrogen-bond acceptors (Lipinski definition) is 3. The molecule has 33 heavy (non-hydrogen) atoms. The van der Waals surface area contributed by atoms with Crippen LogP contribution in [0, 0.1) is 0 Å². The quantitative estimate of drug-likeness (QED) is 0.540. The van der Waals surface area contributed by atoms with E-state index in [1.54, 1.807) is 11.1 Å². The Bertz CT molecular complexity index is 1030. The number of piperidine rings is 1. The average molecular weight is 458 g/mol. The fraction of sp³-hybridized carbons (Fsp3) is 0.333. The van der Waals surface area contributed by atoms with E-state index >= 15 is 0 Å². The van der Waals surface area contributed by atoms with Crippen molar-refractivity contribution in [1.29, 1.82) is 0 Å². The first-order chi connectivity index (χ1) is 15.9. The Kier molecular flexibility index (Phi) is 6.98. The van der Waals surface area contributed by atoms with Gasteiger partial charge in [0.2, 0.25) is 0 Å². The molecule has 3 aromatic rings. The van der Waals surface area contributed by atoms with Crippen molar-refractivity contribution in [3.63, 3.8) is 0 Å². The van der Waals surface area contributed by atoms with E-state index in [2.05, 4.69) is 20.4 Å². The van der Waals surface area contributed by atoms with Gasteiger partial charge in [-0.15, -0.1) is 0 Å². The molecule has 6 nitrogen and oxygen atoms in total. The van der Waals surface area contributed by atoms with Crippen LogP contribution in [0.15, 0.2) is 66.9 Å². The van der Waals surface area contributed by atoms with E-state index in [1.807, 2.05) is 36.4 Å². The van der Waals surface area contributed by atoms with Gasteiger partial charge in [-0.2, -0.15) is 18.3 Å². The lowest BCUT2D eigenvalue weighted by molar-refractivity contribution is -0.137. The van der Waals surface area contributed by atoms with Crippen molar-refractivity contribution in [1.82, 2.24) is 20.0 Å². The summed E-state index contributed by atoms with van der Waals surface area (Å²) >= 11 is 0. The summed E-state index contributed by atoms with van der Waals surface area (Å²) in [6.07, 6.45) is -1.19. The minimum absolute atomic E-state index is 0.0194. The van der Waals surface area contributed by atoms with Gasteiger partial charge in [0.1, 0.15) is 0 Å². The van der Waals surface area contributed by atoms with Crippen LogP contribution < -0.4 is 5.32 Å². The van der Waals surface area contributed by atoms with Gasteiger partial charge in [-0.25, -0.2) is 4.79 Å². The van der Waals surface area contributed by atoms with E-state index in [1.165, 1.54) is 12.1 Å². The number of aromatic nitrogens is 2. The van der Waals surface area contributed by atoms with Crippen molar-refractivity contribution in [2.75, 3.05) is 18.4 Å². The molecule has 0 radical (unpaired) electrons. The number of likely N-dealkylation sites (tertiary alicyclic amines) is 1. The molecule has 1 aromatic heterocycles. The predicted octanol–water partition coefficient (Wildman–Crippen LogP) is 5.13. The van der Waals surface area contributed by atoms with Crippen LogP contribution in [0.25, 0.3) is 0 Å². The lowest BCUT2D eigenvalue weighted by Crippen LogP contribution is -2.48. The van der Waals surface area contributed by atoms with Gasteiger partial charge in [-0.05, 0) is 42.7 Å². The third-order valence-electron chi connectivity index (χ3n) is 5.85. The second-order valence-electron chi connectivity index (χ2n) is 8.21. The van der Waals surface area contributed by atoms with Crippen LogP contribution in [0.3, 0.4) is 0 Å². The van der Waals surface area contributed by atoms with Gasteiger partial charge in [0.15, 0.2) is 0 Å². The summed E-state index contributed by atoms with van der Waals surface area (Å²) in [5.74, 6) is 0. The maximum atomic E-state index is 13.2. The Hall–Kier alpha value is -3.33. The highest BCUT2D eigenvalue weighted by Gasteiger charge is 2.31. The first kappa shape index (κ1) is 22.8. The molecule has 1 saturated heterocycles. The second kappa shape index (κ2) is 10.1. The monoisotopic (exact) mass is 457 g/mol. The minimum Gasteiger partial charge on any atom is -0.317 e. The lowest BCUT2D eigenvalue weighted by Gasteiger charge is -2.38. The third kappa shape index (κ3) is 6.13. The molecule has 0 spiro atoms. The fourth-order valence-electron chi connectivity index (χ4n) is 4.12. The number of amides is 2. The zero-order valence-electron chi connectivity index (χ0n) is 18.1. The Morgan fingerprint density at radius 1 is 1.09 bits per heavy atom. The van der Waals surface area contributed by atoms with Gasteiger partial charge in [-0.3, -0.25) is 10.00 Å². The molecule has 0 bridgehead atoms. The Morgan fingerprint density at radius 2 is 1.85 bits per heavy atom. The van der Waals surface area contributed by atoms with Gasteiger partial charge >= 0.3 is 12.2 Å². The predicted molar refractivity (Wildman–Crippen MR) is 119 cm³/mol.